The van der Waals surface area contributed by atoms with Crippen LogP contribution in [0.4, 0.5) is 0 Å². The summed E-state index contributed by atoms with van der Waals surface area (Å²) in [7, 11) is 0. The Kier molecular flexibility index (Phi) is 5.16. The maximum Gasteiger partial charge on any atom is 0.310 e. The molecule has 2 heterocycles. The fourth-order valence-electron chi connectivity index (χ4n) is 3.64. The van der Waals surface area contributed by atoms with Crippen molar-refractivity contribution in [1.29, 1.82) is 0 Å². The monoisotopic (exact) mass is 400 g/mol. The van der Waals surface area contributed by atoms with E-state index in [1.54, 1.807) is 43.3 Å². The van der Waals surface area contributed by atoms with Gasteiger partial charge in [-0.25, -0.2) is 0 Å². The van der Waals surface area contributed by atoms with Gasteiger partial charge in [0.25, 0.3) is 0 Å². The summed E-state index contributed by atoms with van der Waals surface area (Å²) in [4.78, 5) is 24.3. The highest BCUT2D eigenvalue weighted by atomic mass is 16.7. The summed E-state index contributed by atoms with van der Waals surface area (Å²) in [5.41, 5.74) is 1.43. The Labute approximate surface area is 166 Å². The van der Waals surface area contributed by atoms with Crippen LogP contribution in [-0.2, 0) is 14.3 Å². The van der Waals surface area contributed by atoms with Gasteiger partial charge < -0.3 is 28.8 Å². The van der Waals surface area contributed by atoms with Gasteiger partial charge >= 0.3 is 11.9 Å². The molecule has 29 heavy (non-hydrogen) atoms. The molecule has 0 saturated heterocycles. The maximum atomic E-state index is 12.7. The first-order chi connectivity index (χ1) is 14.1. The van der Waals surface area contributed by atoms with Gasteiger partial charge in [-0.1, -0.05) is 12.1 Å². The summed E-state index contributed by atoms with van der Waals surface area (Å²) in [5, 5.41) is 9.46. The standard InChI is InChI=1S/C21H20O8/c1-2-25-21(24)14(9-19(22)23)20(12-3-5-15-17(7-12)28-10-26-15)13-4-6-16-18(8-13)29-11-27-16/h3-8,14,20H,2,9-11H2,1H3,(H,22,23). The molecule has 0 bridgehead atoms. The van der Waals surface area contributed by atoms with E-state index in [-0.39, 0.29) is 26.6 Å². The number of fused-ring (bicyclic) bond motifs is 2. The summed E-state index contributed by atoms with van der Waals surface area (Å²) >= 11 is 0. The van der Waals surface area contributed by atoms with Crippen LogP contribution < -0.4 is 18.9 Å². The lowest BCUT2D eigenvalue weighted by Gasteiger charge is -2.26. The van der Waals surface area contributed by atoms with Crippen molar-refractivity contribution in [2.75, 3.05) is 20.2 Å². The lowest BCUT2D eigenvalue weighted by atomic mass is 9.78. The minimum atomic E-state index is -1.09. The second-order valence-corrected chi connectivity index (χ2v) is 6.66. The van der Waals surface area contributed by atoms with Crippen LogP contribution >= 0.6 is 0 Å². The number of carbonyl (C=O) groups excluding carboxylic acids is 1. The molecule has 1 N–H and O–H groups in total. The van der Waals surface area contributed by atoms with Crippen molar-refractivity contribution in [3.63, 3.8) is 0 Å². The van der Waals surface area contributed by atoms with Crippen molar-refractivity contribution in [2.45, 2.75) is 19.3 Å². The summed E-state index contributed by atoms with van der Waals surface area (Å²) < 4.78 is 26.9. The average molecular weight is 400 g/mol. The Morgan fingerprint density at radius 1 is 0.931 bits per heavy atom. The van der Waals surface area contributed by atoms with Gasteiger partial charge in [0.05, 0.1) is 18.9 Å². The number of esters is 1. The lowest BCUT2D eigenvalue weighted by molar-refractivity contribution is -0.153. The number of ether oxygens (including phenoxy) is 5. The van der Waals surface area contributed by atoms with Crippen molar-refractivity contribution < 1.29 is 38.4 Å². The van der Waals surface area contributed by atoms with Crippen LogP contribution in [0.15, 0.2) is 36.4 Å². The molecule has 152 valence electrons. The molecule has 0 radical (unpaired) electrons. The molecule has 8 heteroatoms. The van der Waals surface area contributed by atoms with E-state index in [0.717, 1.165) is 0 Å². The van der Waals surface area contributed by atoms with E-state index < -0.39 is 23.8 Å². The van der Waals surface area contributed by atoms with Gasteiger partial charge in [0.1, 0.15) is 0 Å². The first-order valence-corrected chi connectivity index (χ1v) is 9.24. The van der Waals surface area contributed by atoms with Crippen LogP contribution in [0.3, 0.4) is 0 Å². The average Bonchev–Trinajstić information content (AvgIpc) is 3.35. The van der Waals surface area contributed by atoms with Gasteiger partial charge in [-0.2, -0.15) is 0 Å². The Balaban J connectivity index is 1.81. The molecular formula is C21H20O8. The van der Waals surface area contributed by atoms with Gasteiger partial charge in [0, 0.05) is 5.92 Å². The Hall–Kier alpha value is -3.42. The molecule has 0 aromatic heterocycles. The highest BCUT2D eigenvalue weighted by Crippen LogP contribution is 2.43. The SMILES string of the molecule is CCOC(=O)C(CC(=O)O)C(c1ccc2c(c1)OCO2)c1ccc2c(c1)OCO2. The van der Waals surface area contributed by atoms with Gasteiger partial charge in [-0.3, -0.25) is 9.59 Å². The van der Waals surface area contributed by atoms with E-state index in [1.165, 1.54) is 0 Å². The molecule has 1 atom stereocenters. The zero-order valence-electron chi connectivity index (χ0n) is 15.8. The zero-order valence-corrected chi connectivity index (χ0v) is 15.8. The van der Waals surface area contributed by atoms with E-state index in [9.17, 15) is 14.7 Å². The second-order valence-electron chi connectivity index (χ2n) is 6.66. The lowest BCUT2D eigenvalue weighted by Crippen LogP contribution is -2.28. The van der Waals surface area contributed by atoms with Gasteiger partial charge in [-0.15, -0.1) is 0 Å². The minimum absolute atomic E-state index is 0.115. The maximum absolute atomic E-state index is 12.7. The van der Waals surface area contributed by atoms with Crippen LogP contribution in [0, 0.1) is 5.92 Å². The van der Waals surface area contributed by atoms with Gasteiger partial charge in [0.2, 0.25) is 13.6 Å². The minimum Gasteiger partial charge on any atom is -0.481 e. The van der Waals surface area contributed by atoms with Crippen molar-refractivity contribution in [3.05, 3.63) is 47.5 Å². The summed E-state index contributed by atoms with van der Waals surface area (Å²) in [6, 6.07) is 10.6. The Morgan fingerprint density at radius 3 is 1.93 bits per heavy atom. The van der Waals surface area contributed by atoms with Crippen LogP contribution in [-0.4, -0.2) is 37.2 Å². The van der Waals surface area contributed by atoms with Crippen molar-refractivity contribution in [3.8, 4) is 23.0 Å². The predicted octanol–water partition coefficient (Wildman–Crippen LogP) is 2.93. The van der Waals surface area contributed by atoms with E-state index >= 15 is 0 Å². The fourth-order valence-corrected chi connectivity index (χ4v) is 3.64. The normalized spacial score (nSPS) is 14.7. The number of carbonyl (C=O) groups is 2. The third-order valence-electron chi connectivity index (χ3n) is 4.90. The molecule has 0 spiro atoms. The quantitative estimate of drug-likeness (QED) is 0.708. The van der Waals surface area contributed by atoms with Crippen LogP contribution in [0.1, 0.15) is 30.4 Å². The molecule has 2 aliphatic heterocycles. The van der Waals surface area contributed by atoms with Crippen LogP contribution in [0.2, 0.25) is 0 Å². The third-order valence-corrected chi connectivity index (χ3v) is 4.90. The fraction of sp³-hybridized carbons (Fsp3) is 0.333. The topological polar surface area (TPSA) is 101 Å². The highest BCUT2D eigenvalue weighted by Gasteiger charge is 2.35. The van der Waals surface area contributed by atoms with E-state index in [0.29, 0.717) is 34.1 Å². The summed E-state index contributed by atoms with van der Waals surface area (Å²) in [6.45, 7) is 2.07. The largest absolute Gasteiger partial charge is 0.481 e. The third kappa shape index (κ3) is 3.78. The molecule has 0 fully saturated rings. The summed E-state index contributed by atoms with van der Waals surface area (Å²) in [6.07, 6.45) is -0.383. The first kappa shape index (κ1) is 18.9. The first-order valence-electron chi connectivity index (χ1n) is 9.24. The Morgan fingerprint density at radius 2 is 1.45 bits per heavy atom. The zero-order chi connectivity index (χ0) is 20.4. The van der Waals surface area contributed by atoms with Crippen molar-refractivity contribution >= 4 is 11.9 Å². The Bertz CT molecular complexity index is 881. The number of rotatable bonds is 7. The number of aliphatic carboxylic acids is 1. The smallest absolute Gasteiger partial charge is 0.310 e. The molecule has 0 saturated carbocycles. The molecule has 1 unspecified atom stereocenters. The molecule has 0 amide bonds. The van der Waals surface area contributed by atoms with E-state index in [4.69, 9.17) is 23.7 Å². The van der Waals surface area contributed by atoms with E-state index in [1.807, 2.05) is 0 Å². The van der Waals surface area contributed by atoms with E-state index in [2.05, 4.69) is 0 Å². The predicted molar refractivity (Wildman–Crippen MR) is 99.3 cm³/mol. The number of carboxylic acid groups (broad SMARTS) is 1. The van der Waals surface area contributed by atoms with Gasteiger partial charge in [-0.05, 0) is 42.3 Å². The highest BCUT2D eigenvalue weighted by molar-refractivity contribution is 5.81. The summed E-state index contributed by atoms with van der Waals surface area (Å²) in [5.74, 6) is -0.891. The molecule has 2 aliphatic rings. The molecule has 2 aromatic carbocycles. The number of hydrogen-bond donors (Lipinski definition) is 1. The number of carboxylic acids is 1. The molecule has 2 aromatic rings. The van der Waals surface area contributed by atoms with Crippen molar-refractivity contribution in [2.24, 2.45) is 5.92 Å². The van der Waals surface area contributed by atoms with Crippen LogP contribution in [0.25, 0.3) is 0 Å². The number of benzene rings is 2. The second kappa shape index (κ2) is 7.90. The van der Waals surface area contributed by atoms with Gasteiger partial charge in [0.15, 0.2) is 23.0 Å². The molecular weight excluding hydrogens is 380 g/mol. The van der Waals surface area contributed by atoms with Crippen molar-refractivity contribution in [1.82, 2.24) is 0 Å². The van der Waals surface area contributed by atoms with Crippen LogP contribution in [0.5, 0.6) is 23.0 Å². The molecule has 8 nitrogen and oxygen atoms in total. The molecule has 0 aliphatic carbocycles. The molecule has 4 rings (SSSR count). The number of hydrogen-bond acceptors (Lipinski definition) is 7.